The summed E-state index contributed by atoms with van der Waals surface area (Å²) in [7, 11) is 0. The lowest BCUT2D eigenvalue weighted by atomic mass is 9.77. The maximum Gasteiger partial charge on any atom is 0.416 e. The highest BCUT2D eigenvalue weighted by atomic mass is 19.4. The number of carbonyl (C=O) groups is 1. The summed E-state index contributed by atoms with van der Waals surface area (Å²) >= 11 is 0. The van der Waals surface area contributed by atoms with Gasteiger partial charge >= 0.3 is 18.3 Å². The lowest BCUT2D eigenvalue weighted by Crippen LogP contribution is -2.42. The van der Waals surface area contributed by atoms with Crippen LogP contribution in [0.4, 0.5) is 26.3 Å². The first-order chi connectivity index (χ1) is 18.9. The standard InChI is InChI=1S/C30H29F6NO3/c1-21(23-16-25(29(31,32)33)18-26(17-23)30(34,35)36)40-20-28(14-8-9-15-37,24-12-6-3-7-13-24)27(38)39-19-22-10-4-2-5-11-22/h2-7,9-13,15-18,21H,8,14,19-20,37H2,1H3/b15-9+/t21-,28-/m1/s1. The summed E-state index contributed by atoms with van der Waals surface area (Å²) in [5.74, 6) is -0.653. The molecule has 4 nitrogen and oxygen atoms in total. The molecule has 3 aromatic carbocycles. The molecule has 0 aliphatic carbocycles. The SMILES string of the molecule is C[C@@H](OC[C@@](CC/C=C/N)(C(=O)OCc1ccccc1)c1ccccc1)c1cc(C(F)(F)F)cc(C(F)(F)F)c1. The Morgan fingerprint density at radius 2 is 1.40 bits per heavy atom. The summed E-state index contributed by atoms with van der Waals surface area (Å²) in [5.41, 5.74) is 2.09. The van der Waals surface area contributed by atoms with Crippen LogP contribution in [0, 0.1) is 0 Å². The van der Waals surface area contributed by atoms with Crippen molar-refractivity contribution < 1.29 is 40.6 Å². The Hall–Kier alpha value is -3.79. The molecule has 0 aromatic heterocycles. The molecule has 0 fully saturated rings. The van der Waals surface area contributed by atoms with Gasteiger partial charge in [-0.25, -0.2) is 0 Å². The predicted molar refractivity (Wildman–Crippen MR) is 138 cm³/mol. The van der Waals surface area contributed by atoms with Crippen LogP contribution in [0.2, 0.25) is 0 Å². The molecule has 0 aliphatic heterocycles. The molecule has 10 heteroatoms. The zero-order chi connectivity index (χ0) is 29.4. The van der Waals surface area contributed by atoms with Crippen LogP contribution in [0.1, 0.15) is 53.7 Å². The molecule has 0 amide bonds. The Bertz CT molecular complexity index is 1240. The highest BCUT2D eigenvalue weighted by Gasteiger charge is 2.43. The van der Waals surface area contributed by atoms with Gasteiger partial charge in [0, 0.05) is 0 Å². The lowest BCUT2D eigenvalue weighted by Gasteiger charge is -2.33. The highest BCUT2D eigenvalue weighted by molar-refractivity contribution is 5.83. The number of benzene rings is 3. The van der Waals surface area contributed by atoms with Gasteiger partial charge in [-0.2, -0.15) is 26.3 Å². The normalized spacial score (nSPS) is 14.6. The largest absolute Gasteiger partial charge is 0.460 e. The van der Waals surface area contributed by atoms with Crippen LogP contribution in [0.3, 0.4) is 0 Å². The number of carbonyl (C=O) groups excluding carboxylic acids is 1. The molecular weight excluding hydrogens is 536 g/mol. The molecular formula is C30H29F6NO3. The fourth-order valence-electron chi connectivity index (χ4n) is 4.20. The van der Waals surface area contributed by atoms with Crippen molar-refractivity contribution in [3.63, 3.8) is 0 Å². The zero-order valence-electron chi connectivity index (χ0n) is 21.6. The summed E-state index contributed by atoms with van der Waals surface area (Å²) < 4.78 is 92.0. The molecule has 2 atom stereocenters. The second kappa shape index (κ2) is 13.0. The molecule has 40 heavy (non-hydrogen) atoms. The molecule has 0 unspecified atom stereocenters. The zero-order valence-corrected chi connectivity index (χ0v) is 21.6. The van der Waals surface area contributed by atoms with E-state index in [0.29, 0.717) is 24.1 Å². The fraction of sp³-hybridized carbons (Fsp3) is 0.300. The number of hydrogen-bond donors (Lipinski definition) is 1. The molecule has 0 aliphatic rings. The summed E-state index contributed by atoms with van der Waals surface area (Å²) in [6.07, 6.45) is -7.80. The van der Waals surface area contributed by atoms with Crippen molar-refractivity contribution in [3.8, 4) is 0 Å². The number of ether oxygens (including phenoxy) is 2. The molecule has 0 bridgehead atoms. The van der Waals surface area contributed by atoms with Gasteiger partial charge in [0.05, 0.1) is 23.8 Å². The van der Waals surface area contributed by atoms with Crippen molar-refractivity contribution >= 4 is 5.97 Å². The quantitative estimate of drug-likeness (QED) is 0.191. The molecule has 0 saturated carbocycles. The maximum atomic E-state index is 13.7. The van der Waals surface area contributed by atoms with E-state index < -0.39 is 41.0 Å². The number of halogens is 6. The predicted octanol–water partition coefficient (Wildman–Crippen LogP) is 7.74. The van der Waals surface area contributed by atoms with Crippen LogP contribution in [0.25, 0.3) is 0 Å². The number of hydrogen-bond acceptors (Lipinski definition) is 4. The minimum Gasteiger partial charge on any atom is -0.460 e. The average Bonchev–Trinajstić information content (AvgIpc) is 2.93. The van der Waals surface area contributed by atoms with Gasteiger partial charge in [-0.15, -0.1) is 0 Å². The van der Waals surface area contributed by atoms with E-state index in [4.69, 9.17) is 15.2 Å². The summed E-state index contributed by atoms with van der Waals surface area (Å²) in [6.45, 7) is 0.918. The van der Waals surface area contributed by atoms with E-state index in [0.717, 1.165) is 5.56 Å². The van der Waals surface area contributed by atoms with Crippen molar-refractivity contribution in [1.29, 1.82) is 0 Å². The summed E-state index contributed by atoms with van der Waals surface area (Å²) in [6, 6.07) is 18.8. The second-order valence-electron chi connectivity index (χ2n) is 9.27. The topological polar surface area (TPSA) is 61.5 Å². The van der Waals surface area contributed by atoms with Crippen molar-refractivity contribution in [2.45, 2.75) is 50.2 Å². The van der Waals surface area contributed by atoms with E-state index in [9.17, 15) is 31.1 Å². The first-order valence-electron chi connectivity index (χ1n) is 12.4. The van der Waals surface area contributed by atoms with Crippen LogP contribution in [-0.4, -0.2) is 12.6 Å². The van der Waals surface area contributed by atoms with E-state index in [1.165, 1.54) is 13.1 Å². The molecule has 3 rings (SSSR count). The van der Waals surface area contributed by atoms with Gasteiger partial charge in [0.1, 0.15) is 12.0 Å². The van der Waals surface area contributed by atoms with E-state index in [1.54, 1.807) is 60.7 Å². The monoisotopic (exact) mass is 565 g/mol. The van der Waals surface area contributed by atoms with Gasteiger partial charge in [-0.1, -0.05) is 66.7 Å². The van der Waals surface area contributed by atoms with Gasteiger partial charge in [0.2, 0.25) is 0 Å². The van der Waals surface area contributed by atoms with E-state index >= 15 is 0 Å². The van der Waals surface area contributed by atoms with Crippen LogP contribution < -0.4 is 5.73 Å². The minimum atomic E-state index is -5.00. The van der Waals surface area contributed by atoms with Crippen molar-refractivity contribution in [2.75, 3.05) is 6.61 Å². The number of esters is 1. The van der Waals surface area contributed by atoms with Crippen LogP contribution in [0.15, 0.2) is 91.1 Å². The first-order valence-corrected chi connectivity index (χ1v) is 12.4. The van der Waals surface area contributed by atoms with Crippen LogP contribution in [0.5, 0.6) is 0 Å². The Labute approximate surface area is 228 Å². The third-order valence-corrected chi connectivity index (χ3v) is 6.46. The first kappa shape index (κ1) is 30.7. The number of alkyl halides is 6. The second-order valence-corrected chi connectivity index (χ2v) is 9.27. The summed E-state index contributed by atoms with van der Waals surface area (Å²) in [4.78, 5) is 13.7. The van der Waals surface area contributed by atoms with Crippen LogP contribution >= 0.6 is 0 Å². The van der Waals surface area contributed by atoms with Crippen molar-refractivity contribution in [2.24, 2.45) is 5.73 Å². The molecule has 214 valence electrons. The van der Waals surface area contributed by atoms with Gasteiger partial charge in [-0.3, -0.25) is 4.79 Å². The average molecular weight is 566 g/mol. The molecule has 0 spiro atoms. The number of nitrogens with two attached hydrogens (primary N) is 1. The fourth-order valence-corrected chi connectivity index (χ4v) is 4.20. The Balaban J connectivity index is 1.97. The molecule has 0 heterocycles. The molecule has 0 saturated heterocycles. The molecule has 3 aromatic rings. The Morgan fingerprint density at radius 1 is 0.850 bits per heavy atom. The van der Waals surface area contributed by atoms with Crippen molar-refractivity contribution in [3.05, 3.63) is 119 Å². The van der Waals surface area contributed by atoms with Gasteiger partial charge in [-0.05, 0) is 60.9 Å². The smallest absolute Gasteiger partial charge is 0.416 e. The van der Waals surface area contributed by atoms with Crippen molar-refractivity contribution in [1.82, 2.24) is 0 Å². The maximum absolute atomic E-state index is 13.7. The third kappa shape index (κ3) is 7.88. The highest BCUT2D eigenvalue weighted by Crippen LogP contribution is 2.39. The molecule has 0 radical (unpaired) electrons. The number of rotatable bonds is 11. The summed E-state index contributed by atoms with van der Waals surface area (Å²) in [5, 5.41) is 0. The number of allylic oxidation sites excluding steroid dienone is 1. The van der Waals surface area contributed by atoms with E-state index in [2.05, 4.69) is 0 Å². The van der Waals surface area contributed by atoms with Gasteiger partial charge in [0.25, 0.3) is 0 Å². The van der Waals surface area contributed by atoms with Crippen LogP contribution in [-0.2, 0) is 38.6 Å². The van der Waals surface area contributed by atoms with Gasteiger partial charge in [0.15, 0.2) is 0 Å². The Morgan fingerprint density at radius 3 is 1.93 bits per heavy atom. The Kier molecular flexibility index (Phi) is 10.0. The third-order valence-electron chi connectivity index (χ3n) is 6.46. The van der Waals surface area contributed by atoms with E-state index in [1.807, 2.05) is 6.07 Å². The minimum absolute atomic E-state index is 0.0426. The van der Waals surface area contributed by atoms with E-state index in [-0.39, 0.29) is 31.3 Å². The lowest BCUT2D eigenvalue weighted by molar-refractivity contribution is -0.156. The molecule has 2 N–H and O–H groups in total. The van der Waals surface area contributed by atoms with Gasteiger partial charge < -0.3 is 15.2 Å².